The number of benzene rings is 2. The lowest BCUT2D eigenvalue weighted by Crippen LogP contribution is -2.07. The van der Waals surface area contributed by atoms with E-state index in [1.165, 1.54) is 0 Å². The second-order valence-electron chi connectivity index (χ2n) is 4.82. The van der Waals surface area contributed by atoms with Crippen LogP contribution < -0.4 is 4.74 Å². The maximum atomic E-state index is 10.8. The van der Waals surface area contributed by atoms with E-state index in [1.807, 2.05) is 19.9 Å². The Kier molecular flexibility index (Phi) is 5.20. The molecule has 0 amide bonds. The van der Waals surface area contributed by atoms with Gasteiger partial charge in [0.15, 0.2) is 0 Å². The summed E-state index contributed by atoms with van der Waals surface area (Å²) in [7, 11) is 1.59. The number of rotatable bonds is 3. The molecule has 0 aromatic heterocycles. The van der Waals surface area contributed by atoms with E-state index in [-0.39, 0.29) is 0 Å². The predicted molar refractivity (Wildman–Crippen MR) is 90.7 cm³/mol. The molecule has 2 aromatic rings. The van der Waals surface area contributed by atoms with Crippen LogP contribution in [0.5, 0.6) is 5.75 Å². The van der Waals surface area contributed by atoms with Gasteiger partial charge in [0.2, 0.25) is 0 Å². The average molecular weight is 390 g/mol. The Balaban J connectivity index is 2.65. The minimum atomic E-state index is -0.888. The second-order valence-corrected chi connectivity index (χ2v) is 6.51. The molecule has 0 saturated carbocycles. The van der Waals surface area contributed by atoms with Crippen molar-refractivity contribution in [3.05, 3.63) is 61.0 Å². The SMILES string of the molecule is COc1c(C)cc(Br)c(C)c1C(O)c1ccc(Cl)cc1Cl. The zero-order valence-corrected chi connectivity index (χ0v) is 15.0. The lowest BCUT2D eigenvalue weighted by Gasteiger charge is -2.21. The summed E-state index contributed by atoms with van der Waals surface area (Å²) in [6, 6.07) is 7.02. The van der Waals surface area contributed by atoms with Crippen molar-refractivity contribution < 1.29 is 9.84 Å². The van der Waals surface area contributed by atoms with Crippen molar-refractivity contribution in [1.29, 1.82) is 0 Å². The Labute approximate surface area is 142 Å². The topological polar surface area (TPSA) is 29.5 Å². The van der Waals surface area contributed by atoms with E-state index >= 15 is 0 Å². The number of ether oxygens (including phenoxy) is 1. The van der Waals surface area contributed by atoms with Crippen molar-refractivity contribution in [3.63, 3.8) is 0 Å². The number of methoxy groups -OCH3 is 1. The van der Waals surface area contributed by atoms with E-state index in [1.54, 1.807) is 25.3 Å². The first kappa shape index (κ1) is 16.6. The zero-order valence-electron chi connectivity index (χ0n) is 11.9. The molecule has 0 aliphatic heterocycles. The highest BCUT2D eigenvalue weighted by Crippen LogP contribution is 2.40. The van der Waals surface area contributed by atoms with Crippen LogP contribution in [0.15, 0.2) is 28.7 Å². The minimum absolute atomic E-state index is 0.425. The van der Waals surface area contributed by atoms with E-state index in [0.717, 1.165) is 15.6 Å². The van der Waals surface area contributed by atoms with Crippen LogP contribution in [0.1, 0.15) is 28.4 Å². The molecule has 0 fully saturated rings. The Morgan fingerprint density at radius 3 is 2.43 bits per heavy atom. The second kappa shape index (κ2) is 6.57. The zero-order chi connectivity index (χ0) is 15.7. The highest BCUT2D eigenvalue weighted by atomic mass is 79.9. The van der Waals surface area contributed by atoms with Gasteiger partial charge in [0, 0.05) is 25.6 Å². The molecule has 1 N–H and O–H groups in total. The highest BCUT2D eigenvalue weighted by molar-refractivity contribution is 9.10. The molecular weight excluding hydrogens is 375 g/mol. The van der Waals surface area contributed by atoms with Gasteiger partial charge in [-0.25, -0.2) is 0 Å². The average Bonchev–Trinajstić information content (AvgIpc) is 2.41. The molecule has 2 aromatic carbocycles. The first-order valence-corrected chi connectivity index (χ1v) is 7.88. The van der Waals surface area contributed by atoms with Crippen LogP contribution in [0.25, 0.3) is 0 Å². The maximum absolute atomic E-state index is 10.8. The van der Waals surface area contributed by atoms with Crippen LogP contribution >= 0.6 is 39.1 Å². The van der Waals surface area contributed by atoms with Gasteiger partial charge in [-0.3, -0.25) is 0 Å². The largest absolute Gasteiger partial charge is 0.496 e. The van der Waals surface area contributed by atoms with Gasteiger partial charge in [-0.2, -0.15) is 0 Å². The highest BCUT2D eigenvalue weighted by Gasteiger charge is 2.23. The summed E-state index contributed by atoms with van der Waals surface area (Å²) in [4.78, 5) is 0. The van der Waals surface area contributed by atoms with Crippen molar-refractivity contribution in [2.45, 2.75) is 20.0 Å². The minimum Gasteiger partial charge on any atom is -0.496 e. The lowest BCUT2D eigenvalue weighted by atomic mass is 9.94. The molecule has 1 unspecified atom stereocenters. The van der Waals surface area contributed by atoms with Crippen molar-refractivity contribution in [3.8, 4) is 5.75 Å². The number of hydrogen-bond acceptors (Lipinski definition) is 2. The van der Waals surface area contributed by atoms with Crippen LogP contribution in [-0.2, 0) is 0 Å². The molecule has 2 rings (SSSR count). The third kappa shape index (κ3) is 3.21. The molecule has 5 heteroatoms. The first-order valence-electron chi connectivity index (χ1n) is 6.33. The smallest absolute Gasteiger partial charge is 0.128 e. The van der Waals surface area contributed by atoms with E-state index in [9.17, 15) is 5.11 Å². The van der Waals surface area contributed by atoms with E-state index in [2.05, 4.69) is 15.9 Å². The molecule has 0 radical (unpaired) electrons. The predicted octanol–water partition coefficient (Wildman–Crippen LogP) is 5.46. The molecule has 0 heterocycles. The van der Waals surface area contributed by atoms with Crippen molar-refractivity contribution in [2.24, 2.45) is 0 Å². The summed E-state index contributed by atoms with van der Waals surface area (Å²) in [5, 5.41) is 11.7. The summed E-state index contributed by atoms with van der Waals surface area (Å²) in [6.07, 6.45) is -0.888. The Morgan fingerprint density at radius 1 is 1.19 bits per heavy atom. The monoisotopic (exact) mass is 388 g/mol. The number of aliphatic hydroxyl groups is 1. The molecule has 0 spiro atoms. The Bertz CT molecular complexity index is 686. The molecular formula is C16H15BrCl2O2. The molecule has 1 atom stereocenters. The lowest BCUT2D eigenvalue weighted by molar-refractivity contribution is 0.213. The van der Waals surface area contributed by atoms with Gasteiger partial charge in [-0.05, 0) is 43.2 Å². The number of aliphatic hydroxyl groups excluding tert-OH is 1. The van der Waals surface area contributed by atoms with Gasteiger partial charge >= 0.3 is 0 Å². The van der Waals surface area contributed by atoms with Gasteiger partial charge in [-0.15, -0.1) is 0 Å². The molecule has 2 nitrogen and oxygen atoms in total. The summed E-state index contributed by atoms with van der Waals surface area (Å²) in [6.45, 7) is 3.86. The van der Waals surface area contributed by atoms with Gasteiger partial charge in [0.05, 0.1) is 7.11 Å². The van der Waals surface area contributed by atoms with Crippen LogP contribution in [0.3, 0.4) is 0 Å². The summed E-state index contributed by atoms with van der Waals surface area (Å²) in [5.41, 5.74) is 3.15. The summed E-state index contributed by atoms with van der Waals surface area (Å²) in [5.74, 6) is 0.661. The quantitative estimate of drug-likeness (QED) is 0.754. The third-order valence-corrected chi connectivity index (χ3v) is 4.83. The van der Waals surface area contributed by atoms with E-state index in [4.69, 9.17) is 27.9 Å². The summed E-state index contributed by atoms with van der Waals surface area (Å²) < 4.78 is 6.38. The maximum Gasteiger partial charge on any atom is 0.128 e. The standard InChI is InChI=1S/C16H15BrCl2O2/c1-8-6-12(17)9(2)14(16(8)21-3)15(20)11-5-4-10(18)7-13(11)19/h4-7,15,20H,1-3H3. The van der Waals surface area contributed by atoms with Gasteiger partial charge in [-0.1, -0.05) is 45.2 Å². The van der Waals surface area contributed by atoms with Gasteiger partial charge < -0.3 is 9.84 Å². The fourth-order valence-corrected chi connectivity index (χ4v) is 3.42. The van der Waals surface area contributed by atoms with Crippen LogP contribution in [-0.4, -0.2) is 12.2 Å². The molecule has 0 aliphatic carbocycles. The molecule has 21 heavy (non-hydrogen) atoms. The number of hydrogen-bond donors (Lipinski definition) is 1. The van der Waals surface area contributed by atoms with Crippen LogP contribution in [0, 0.1) is 13.8 Å². The Morgan fingerprint density at radius 2 is 1.86 bits per heavy atom. The third-order valence-electron chi connectivity index (χ3n) is 3.44. The van der Waals surface area contributed by atoms with Crippen molar-refractivity contribution in [1.82, 2.24) is 0 Å². The number of halogens is 3. The fourth-order valence-electron chi connectivity index (χ4n) is 2.35. The fraction of sp³-hybridized carbons (Fsp3) is 0.250. The van der Waals surface area contributed by atoms with Crippen molar-refractivity contribution >= 4 is 39.1 Å². The molecule has 0 saturated heterocycles. The summed E-state index contributed by atoms with van der Waals surface area (Å²) >= 11 is 15.6. The molecule has 0 aliphatic rings. The van der Waals surface area contributed by atoms with Crippen LogP contribution in [0.2, 0.25) is 10.0 Å². The van der Waals surface area contributed by atoms with Gasteiger partial charge in [0.25, 0.3) is 0 Å². The van der Waals surface area contributed by atoms with Gasteiger partial charge in [0.1, 0.15) is 11.9 Å². The number of aryl methyl sites for hydroxylation is 1. The molecule has 112 valence electrons. The Hall–Kier alpha value is -0.740. The van der Waals surface area contributed by atoms with Crippen molar-refractivity contribution in [2.75, 3.05) is 7.11 Å². The first-order chi connectivity index (χ1) is 9.86. The van der Waals surface area contributed by atoms with E-state index < -0.39 is 6.10 Å². The normalized spacial score (nSPS) is 12.3. The van der Waals surface area contributed by atoms with Crippen LogP contribution in [0.4, 0.5) is 0 Å². The molecule has 0 bridgehead atoms. The van der Waals surface area contributed by atoms with E-state index in [0.29, 0.717) is 26.9 Å².